The first-order valence-corrected chi connectivity index (χ1v) is 7.88. The molecule has 1 saturated heterocycles. The fourth-order valence-electron chi connectivity index (χ4n) is 2.13. The van der Waals surface area contributed by atoms with Crippen molar-refractivity contribution in [1.29, 1.82) is 0 Å². The number of hydroxylamine groups is 6. The van der Waals surface area contributed by atoms with Gasteiger partial charge in [-0.15, -0.1) is 15.2 Å². The van der Waals surface area contributed by atoms with Crippen LogP contribution in [0.5, 0.6) is 0 Å². The Bertz CT molecular complexity index is 403. The summed E-state index contributed by atoms with van der Waals surface area (Å²) in [5, 5.41) is 7.70. The van der Waals surface area contributed by atoms with Gasteiger partial charge in [0.15, 0.2) is 0 Å². The molecule has 24 heavy (non-hydrogen) atoms. The molecule has 0 aromatic carbocycles. The Kier molecular flexibility index (Phi) is 9.23. The second kappa shape index (κ2) is 10.9. The highest BCUT2D eigenvalue weighted by atomic mass is 16.7. The molecule has 10 nitrogen and oxygen atoms in total. The van der Waals surface area contributed by atoms with Crippen molar-refractivity contribution in [3.8, 4) is 0 Å². The largest absolute Gasteiger partial charge is 0.368 e. The summed E-state index contributed by atoms with van der Waals surface area (Å²) < 4.78 is 0. The van der Waals surface area contributed by atoms with Crippen LogP contribution in [0, 0.1) is 0 Å². The second-order valence-electron chi connectivity index (χ2n) is 5.29. The zero-order valence-corrected chi connectivity index (χ0v) is 14.4. The molecule has 0 aromatic heterocycles. The average Bonchev–Trinajstić information content (AvgIpc) is 2.45. The minimum absolute atomic E-state index is 0.348. The van der Waals surface area contributed by atoms with E-state index in [1.54, 1.807) is 0 Å². The van der Waals surface area contributed by atoms with E-state index in [1.165, 1.54) is 36.0 Å². The molecule has 0 aromatic rings. The molecule has 1 heterocycles. The highest BCUT2D eigenvalue weighted by Gasteiger charge is 2.18. The van der Waals surface area contributed by atoms with Gasteiger partial charge in [0.1, 0.15) is 0 Å². The van der Waals surface area contributed by atoms with Crippen molar-refractivity contribution in [1.82, 2.24) is 20.5 Å². The summed E-state index contributed by atoms with van der Waals surface area (Å²) in [5.41, 5.74) is 0. The van der Waals surface area contributed by atoms with Gasteiger partial charge in [0, 0.05) is 47.0 Å². The van der Waals surface area contributed by atoms with Crippen LogP contribution in [0.4, 0.5) is 0 Å². The number of nitrogens with zero attached hydrogens (tertiary/aromatic N) is 3. The highest BCUT2D eigenvalue weighted by Crippen LogP contribution is 2.00. The Morgan fingerprint density at radius 1 is 0.625 bits per heavy atom. The summed E-state index contributed by atoms with van der Waals surface area (Å²) in [5.74, 6) is -1.24. The Morgan fingerprint density at radius 3 is 1.21 bits per heavy atom. The monoisotopic (exact) mass is 346 g/mol. The Morgan fingerprint density at radius 2 is 0.917 bits per heavy atom. The summed E-state index contributed by atoms with van der Waals surface area (Å²) in [7, 11) is 0. The van der Waals surface area contributed by atoms with Gasteiger partial charge in [0.05, 0.1) is 26.2 Å². The minimum Gasteiger partial charge on any atom is -0.368 e. The predicted molar refractivity (Wildman–Crippen MR) is 82.9 cm³/mol. The molecule has 0 unspecified atom stereocenters. The molecule has 0 bridgehead atoms. The van der Waals surface area contributed by atoms with Crippen LogP contribution in [0.15, 0.2) is 0 Å². The van der Waals surface area contributed by atoms with Crippen molar-refractivity contribution in [2.75, 3.05) is 52.4 Å². The molecule has 0 radical (unpaired) electrons. The first-order valence-electron chi connectivity index (χ1n) is 7.88. The van der Waals surface area contributed by atoms with Gasteiger partial charge >= 0.3 is 17.9 Å². The lowest BCUT2D eigenvalue weighted by Gasteiger charge is -2.28. The third kappa shape index (κ3) is 9.40. The minimum atomic E-state index is -0.443. The van der Waals surface area contributed by atoms with E-state index < -0.39 is 17.9 Å². The molecule has 1 N–H and O–H groups in total. The summed E-state index contributed by atoms with van der Waals surface area (Å²) in [4.78, 5) is 48.9. The molecule has 1 aliphatic rings. The molecule has 0 saturated carbocycles. The van der Waals surface area contributed by atoms with Crippen molar-refractivity contribution in [3.05, 3.63) is 0 Å². The van der Waals surface area contributed by atoms with Crippen molar-refractivity contribution in [3.63, 3.8) is 0 Å². The third-order valence-electron chi connectivity index (χ3n) is 3.05. The van der Waals surface area contributed by atoms with Crippen LogP contribution in [0.2, 0.25) is 0 Å². The lowest BCUT2D eigenvalue weighted by atomic mass is 10.4. The fourth-order valence-corrected chi connectivity index (χ4v) is 2.13. The van der Waals surface area contributed by atoms with Crippen LogP contribution in [0.3, 0.4) is 0 Å². The summed E-state index contributed by atoms with van der Waals surface area (Å²) in [6.45, 7) is 7.60. The molecule has 0 aliphatic carbocycles. The summed E-state index contributed by atoms with van der Waals surface area (Å²) >= 11 is 0. The van der Waals surface area contributed by atoms with Crippen LogP contribution >= 0.6 is 0 Å². The molecule has 1 aliphatic heterocycles. The molecule has 0 spiro atoms. The zero-order valence-electron chi connectivity index (χ0n) is 14.4. The van der Waals surface area contributed by atoms with Crippen LogP contribution < -0.4 is 5.32 Å². The second-order valence-corrected chi connectivity index (χ2v) is 5.29. The van der Waals surface area contributed by atoms with E-state index in [1.807, 2.05) is 0 Å². The quantitative estimate of drug-likeness (QED) is 0.680. The van der Waals surface area contributed by atoms with E-state index in [9.17, 15) is 14.4 Å². The van der Waals surface area contributed by atoms with E-state index in [0.717, 1.165) is 0 Å². The van der Waals surface area contributed by atoms with Crippen LogP contribution in [0.25, 0.3) is 0 Å². The standard InChI is InChI=1S/C14H26N4O6/c1-12(19)22-16-6-4-15-5-7-17(23-13(2)20)9-11-18(10-8-16)24-14(3)21/h15H,4-11H2,1-3H3. The van der Waals surface area contributed by atoms with Gasteiger partial charge in [0.2, 0.25) is 0 Å². The molecular formula is C14H26N4O6. The average molecular weight is 346 g/mol. The smallest absolute Gasteiger partial charge is 0.322 e. The number of nitrogens with one attached hydrogen (secondary N) is 1. The topological polar surface area (TPSA) is 101 Å². The normalized spacial score (nSPS) is 19.6. The lowest BCUT2D eigenvalue weighted by Crippen LogP contribution is -2.45. The molecular weight excluding hydrogens is 320 g/mol. The predicted octanol–water partition coefficient (Wildman–Crippen LogP) is -1.07. The van der Waals surface area contributed by atoms with Gasteiger partial charge in [-0.25, -0.2) is 0 Å². The van der Waals surface area contributed by atoms with Crippen molar-refractivity contribution in [2.24, 2.45) is 0 Å². The van der Waals surface area contributed by atoms with Crippen molar-refractivity contribution >= 4 is 17.9 Å². The maximum Gasteiger partial charge on any atom is 0.322 e. The first kappa shape index (κ1) is 20.3. The summed E-state index contributed by atoms with van der Waals surface area (Å²) in [6.07, 6.45) is 0. The molecule has 1 fully saturated rings. The van der Waals surface area contributed by atoms with Crippen LogP contribution in [-0.4, -0.2) is 85.5 Å². The number of carbonyl (C=O) groups excluding carboxylic acids is 3. The Hall–Kier alpha value is -1.75. The van der Waals surface area contributed by atoms with E-state index in [4.69, 9.17) is 14.5 Å². The lowest BCUT2D eigenvalue weighted by molar-refractivity contribution is -0.215. The molecule has 10 heteroatoms. The molecule has 0 atom stereocenters. The SMILES string of the molecule is CC(=O)ON1CCNCCN(OC(C)=O)CCN(OC(C)=O)CC1. The van der Waals surface area contributed by atoms with Crippen molar-refractivity contribution in [2.45, 2.75) is 20.8 Å². The van der Waals surface area contributed by atoms with Crippen LogP contribution in [-0.2, 0) is 28.9 Å². The molecule has 138 valence electrons. The van der Waals surface area contributed by atoms with Crippen LogP contribution in [0.1, 0.15) is 20.8 Å². The van der Waals surface area contributed by atoms with Gasteiger partial charge in [-0.1, -0.05) is 0 Å². The maximum absolute atomic E-state index is 11.2. The van der Waals surface area contributed by atoms with Gasteiger partial charge in [-0.2, -0.15) is 0 Å². The van der Waals surface area contributed by atoms with Gasteiger partial charge in [-0.3, -0.25) is 14.4 Å². The Balaban J connectivity index is 2.68. The molecule has 1 rings (SSSR count). The number of hydrogen-bond donors (Lipinski definition) is 1. The van der Waals surface area contributed by atoms with E-state index in [2.05, 4.69) is 5.32 Å². The van der Waals surface area contributed by atoms with Gasteiger partial charge < -0.3 is 19.8 Å². The third-order valence-corrected chi connectivity index (χ3v) is 3.05. The van der Waals surface area contributed by atoms with Gasteiger partial charge in [-0.05, 0) is 0 Å². The number of carbonyl (C=O) groups is 3. The Labute approximate surface area is 141 Å². The van der Waals surface area contributed by atoms with E-state index in [-0.39, 0.29) is 0 Å². The van der Waals surface area contributed by atoms with E-state index >= 15 is 0 Å². The highest BCUT2D eigenvalue weighted by molar-refractivity contribution is 5.66. The number of hydrogen-bond acceptors (Lipinski definition) is 10. The maximum atomic E-state index is 11.2. The fraction of sp³-hybridized carbons (Fsp3) is 0.786. The number of rotatable bonds is 3. The van der Waals surface area contributed by atoms with Crippen molar-refractivity contribution < 1.29 is 28.9 Å². The van der Waals surface area contributed by atoms with Gasteiger partial charge in [0.25, 0.3) is 0 Å². The molecule has 0 amide bonds. The first-order chi connectivity index (χ1) is 11.4. The zero-order chi connectivity index (χ0) is 17.9. The van der Waals surface area contributed by atoms with E-state index in [0.29, 0.717) is 52.4 Å². The summed E-state index contributed by atoms with van der Waals surface area (Å²) in [6, 6.07) is 0.